The third-order valence-corrected chi connectivity index (χ3v) is 3.95. The predicted octanol–water partition coefficient (Wildman–Crippen LogP) is 2.82. The summed E-state index contributed by atoms with van der Waals surface area (Å²) < 4.78 is 0. The molecule has 1 heterocycles. The van der Waals surface area contributed by atoms with E-state index in [9.17, 15) is 14.4 Å². The molecule has 7 heteroatoms. The van der Waals surface area contributed by atoms with Crippen LogP contribution in [0.1, 0.15) is 22.0 Å². The second-order valence-electron chi connectivity index (χ2n) is 5.37. The SMILES string of the molecule is CN1C(=O)NC(c2cccc(NC(=O)c3cccc(Cl)c3)c2)C1=O. The van der Waals surface area contributed by atoms with Crippen LogP contribution in [0, 0.1) is 0 Å². The Labute approximate surface area is 143 Å². The van der Waals surface area contributed by atoms with Crippen LogP contribution in [0.2, 0.25) is 5.02 Å². The lowest BCUT2D eigenvalue weighted by molar-refractivity contribution is -0.126. The number of anilines is 1. The molecule has 1 saturated heterocycles. The number of carbonyl (C=O) groups is 3. The van der Waals surface area contributed by atoms with E-state index < -0.39 is 12.1 Å². The van der Waals surface area contributed by atoms with Crippen LogP contribution in [-0.2, 0) is 4.79 Å². The molecule has 3 rings (SSSR count). The molecule has 0 aliphatic carbocycles. The van der Waals surface area contributed by atoms with Crippen molar-refractivity contribution >= 4 is 35.1 Å². The molecule has 0 bridgehead atoms. The van der Waals surface area contributed by atoms with Crippen molar-refractivity contribution in [1.82, 2.24) is 10.2 Å². The van der Waals surface area contributed by atoms with Gasteiger partial charge < -0.3 is 10.6 Å². The Morgan fingerprint density at radius 3 is 2.58 bits per heavy atom. The molecule has 1 atom stereocenters. The highest BCUT2D eigenvalue weighted by molar-refractivity contribution is 6.31. The zero-order valence-corrected chi connectivity index (χ0v) is 13.5. The third kappa shape index (κ3) is 3.09. The number of amides is 4. The second kappa shape index (κ2) is 6.33. The first-order valence-corrected chi connectivity index (χ1v) is 7.58. The average molecular weight is 344 g/mol. The van der Waals surface area contributed by atoms with Crippen molar-refractivity contribution in [2.75, 3.05) is 12.4 Å². The Morgan fingerprint density at radius 2 is 1.92 bits per heavy atom. The molecule has 6 nitrogen and oxygen atoms in total. The fourth-order valence-electron chi connectivity index (χ4n) is 2.43. The zero-order valence-electron chi connectivity index (χ0n) is 12.7. The van der Waals surface area contributed by atoms with Gasteiger partial charge in [0.25, 0.3) is 11.8 Å². The molecule has 1 aliphatic rings. The molecule has 0 aromatic heterocycles. The van der Waals surface area contributed by atoms with Gasteiger partial charge in [-0.1, -0.05) is 29.8 Å². The molecule has 1 fully saturated rings. The minimum absolute atomic E-state index is 0.312. The summed E-state index contributed by atoms with van der Waals surface area (Å²) in [4.78, 5) is 36.9. The highest BCUT2D eigenvalue weighted by Gasteiger charge is 2.36. The molecule has 0 spiro atoms. The maximum Gasteiger partial charge on any atom is 0.324 e. The van der Waals surface area contributed by atoms with Crippen molar-refractivity contribution in [1.29, 1.82) is 0 Å². The van der Waals surface area contributed by atoms with Crippen LogP contribution < -0.4 is 10.6 Å². The van der Waals surface area contributed by atoms with E-state index in [1.54, 1.807) is 48.5 Å². The van der Waals surface area contributed by atoms with Crippen molar-refractivity contribution in [3.8, 4) is 0 Å². The van der Waals surface area contributed by atoms with Gasteiger partial charge in [-0.2, -0.15) is 0 Å². The van der Waals surface area contributed by atoms with E-state index in [-0.39, 0.29) is 11.8 Å². The molecular formula is C17H14ClN3O3. The normalized spacial score (nSPS) is 16.9. The van der Waals surface area contributed by atoms with Gasteiger partial charge in [0.2, 0.25) is 0 Å². The van der Waals surface area contributed by atoms with Crippen molar-refractivity contribution in [2.45, 2.75) is 6.04 Å². The van der Waals surface area contributed by atoms with Gasteiger partial charge in [0.15, 0.2) is 0 Å². The Hall–Kier alpha value is -2.86. The van der Waals surface area contributed by atoms with Crippen LogP contribution in [0.4, 0.5) is 10.5 Å². The summed E-state index contributed by atoms with van der Waals surface area (Å²) in [5.41, 5.74) is 1.55. The Morgan fingerprint density at radius 1 is 1.17 bits per heavy atom. The Balaban J connectivity index is 1.80. The number of urea groups is 1. The van der Waals surface area contributed by atoms with Gasteiger partial charge in [0.05, 0.1) is 0 Å². The molecule has 1 aliphatic heterocycles. The lowest BCUT2D eigenvalue weighted by atomic mass is 10.1. The largest absolute Gasteiger partial charge is 0.324 e. The number of halogens is 1. The highest BCUT2D eigenvalue weighted by atomic mass is 35.5. The lowest BCUT2D eigenvalue weighted by Gasteiger charge is -2.11. The average Bonchev–Trinajstić information content (AvgIpc) is 2.82. The number of hydrogen-bond acceptors (Lipinski definition) is 3. The summed E-state index contributed by atoms with van der Waals surface area (Å²) in [6.45, 7) is 0. The lowest BCUT2D eigenvalue weighted by Crippen LogP contribution is -2.25. The first-order chi connectivity index (χ1) is 11.5. The number of nitrogens with zero attached hydrogens (tertiary/aromatic N) is 1. The molecule has 0 saturated carbocycles. The molecule has 2 aromatic carbocycles. The summed E-state index contributed by atoms with van der Waals surface area (Å²) in [5, 5.41) is 5.82. The number of benzene rings is 2. The van der Waals surface area contributed by atoms with E-state index in [2.05, 4.69) is 10.6 Å². The van der Waals surface area contributed by atoms with E-state index in [1.807, 2.05) is 0 Å². The van der Waals surface area contributed by atoms with Crippen LogP contribution in [0.3, 0.4) is 0 Å². The molecular weight excluding hydrogens is 330 g/mol. The van der Waals surface area contributed by atoms with Gasteiger partial charge >= 0.3 is 6.03 Å². The van der Waals surface area contributed by atoms with Gasteiger partial charge in [-0.3, -0.25) is 14.5 Å². The van der Waals surface area contributed by atoms with Gasteiger partial charge in [0.1, 0.15) is 6.04 Å². The van der Waals surface area contributed by atoms with Crippen molar-refractivity contribution in [3.63, 3.8) is 0 Å². The maximum absolute atomic E-state index is 12.3. The van der Waals surface area contributed by atoms with Crippen molar-refractivity contribution in [2.24, 2.45) is 0 Å². The number of hydrogen-bond donors (Lipinski definition) is 2. The first-order valence-electron chi connectivity index (χ1n) is 7.20. The molecule has 24 heavy (non-hydrogen) atoms. The molecule has 0 radical (unpaired) electrons. The number of nitrogens with one attached hydrogen (secondary N) is 2. The molecule has 122 valence electrons. The second-order valence-corrected chi connectivity index (χ2v) is 5.81. The molecule has 4 amide bonds. The Bertz CT molecular complexity index is 837. The molecule has 2 N–H and O–H groups in total. The quantitative estimate of drug-likeness (QED) is 0.841. The summed E-state index contributed by atoms with van der Waals surface area (Å²) in [7, 11) is 1.42. The minimum Gasteiger partial charge on any atom is -0.322 e. The van der Waals surface area contributed by atoms with E-state index in [0.717, 1.165) is 4.90 Å². The van der Waals surface area contributed by atoms with Crippen LogP contribution in [-0.4, -0.2) is 29.8 Å². The number of carbonyl (C=O) groups excluding carboxylic acids is 3. The van der Waals surface area contributed by atoms with Gasteiger partial charge in [0, 0.05) is 23.3 Å². The van der Waals surface area contributed by atoms with E-state index in [4.69, 9.17) is 11.6 Å². The van der Waals surface area contributed by atoms with Crippen LogP contribution in [0.5, 0.6) is 0 Å². The van der Waals surface area contributed by atoms with Gasteiger partial charge in [-0.25, -0.2) is 4.79 Å². The number of imide groups is 1. The highest BCUT2D eigenvalue weighted by Crippen LogP contribution is 2.23. The summed E-state index contributed by atoms with van der Waals surface area (Å²) in [6, 6.07) is 12.2. The predicted molar refractivity (Wildman–Crippen MR) is 89.9 cm³/mol. The summed E-state index contributed by atoms with van der Waals surface area (Å²) >= 11 is 5.88. The third-order valence-electron chi connectivity index (χ3n) is 3.71. The number of rotatable bonds is 3. The van der Waals surface area contributed by atoms with Crippen LogP contribution >= 0.6 is 11.6 Å². The van der Waals surface area contributed by atoms with Crippen LogP contribution in [0.25, 0.3) is 0 Å². The number of likely N-dealkylation sites (N-methyl/N-ethyl adjacent to an activating group) is 1. The zero-order chi connectivity index (χ0) is 17.3. The van der Waals surface area contributed by atoms with Gasteiger partial charge in [-0.05, 0) is 35.9 Å². The topological polar surface area (TPSA) is 78.5 Å². The Kier molecular flexibility index (Phi) is 4.22. The van der Waals surface area contributed by atoms with Crippen LogP contribution in [0.15, 0.2) is 48.5 Å². The maximum atomic E-state index is 12.3. The minimum atomic E-state index is -0.745. The standard InChI is InChI=1S/C17H14ClN3O3/c1-21-16(23)14(20-17(21)24)10-4-3-7-13(9-10)19-15(22)11-5-2-6-12(18)8-11/h2-9,14H,1H3,(H,19,22)(H,20,24). The molecule has 1 unspecified atom stereocenters. The van der Waals surface area contributed by atoms with Crippen molar-refractivity contribution in [3.05, 3.63) is 64.7 Å². The van der Waals surface area contributed by atoms with Gasteiger partial charge in [-0.15, -0.1) is 0 Å². The monoisotopic (exact) mass is 343 g/mol. The summed E-state index contributed by atoms with van der Waals surface area (Å²) in [5.74, 6) is -0.646. The molecule has 2 aromatic rings. The summed E-state index contributed by atoms with van der Waals surface area (Å²) in [6.07, 6.45) is 0. The van der Waals surface area contributed by atoms with E-state index in [1.165, 1.54) is 7.05 Å². The fraction of sp³-hybridized carbons (Fsp3) is 0.118. The van der Waals surface area contributed by atoms with E-state index >= 15 is 0 Å². The van der Waals surface area contributed by atoms with E-state index in [0.29, 0.717) is 21.8 Å². The first kappa shape index (κ1) is 16.0. The smallest absolute Gasteiger partial charge is 0.322 e. The van der Waals surface area contributed by atoms with Crippen molar-refractivity contribution < 1.29 is 14.4 Å². The fourth-order valence-corrected chi connectivity index (χ4v) is 2.62.